The van der Waals surface area contributed by atoms with Gasteiger partial charge in [0.2, 0.25) is 0 Å². The lowest BCUT2D eigenvalue weighted by atomic mass is 10.1. The molecule has 0 saturated carbocycles. The van der Waals surface area contributed by atoms with E-state index in [1.807, 2.05) is 53.9 Å². The van der Waals surface area contributed by atoms with E-state index in [1.54, 1.807) is 31.4 Å². The first-order valence-corrected chi connectivity index (χ1v) is 11.0. The standard InChI is InChI=1S/C22H21N3O3S/c1-15-5-4-14-25-21(15)24-20(16-6-12-19(13-7-16)29(3,26)27)22(25)23-17-8-10-18(28-2)11-9-17/h4-14,23H,1-3H3. The summed E-state index contributed by atoms with van der Waals surface area (Å²) in [5.74, 6) is 1.59. The number of fused-ring (bicyclic) bond motifs is 1. The largest absolute Gasteiger partial charge is 0.497 e. The van der Waals surface area contributed by atoms with Gasteiger partial charge >= 0.3 is 0 Å². The van der Waals surface area contributed by atoms with Gasteiger partial charge in [-0.05, 0) is 55.0 Å². The summed E-state index contributed by atoms with van der Waals surface area (Å²) < 4.78 is 30.8. The fraction of sp³-hybridized carbons (Fsp3) is 0.136. The van der Waals surface area contributed by atoms with Crippen molar-refractivity contribution < 1.29 is 13.2 Å². The maximum Gasteiger partial charge on any atom is 0.175 e. The fourth-order valence-corrected chi connectivity index (χ4v) is 3.83. The Morgan fingerprint density at radius 3 is 2.31 bits per heavy atom. The summed E-state index contributed by atoms with van der Waals surface area (Å²) in [4.78, 5) is 5.11. The average molecular weight is 407 g/mol. The summed E-state index contributed by atoms with van der Waals surface area (Å²) in [6, 6.07) is 18.4. The zero-order valence-corrected chi connectivity index (χ0v) is 17.2. The van der Waals surface area contributed by atoms with Crippen molar-refractivity contribution in [3.8, 4) is 17.0 Å². The second-order valence-electron chi connectivity index (χ2n) is 6.84. The molecular formula is C22H21N3O3S. The van der Waals surface area contributed by atoms with Crippen molar-refractivity contribution in [2.24, 2.45) is 0 Å². The molecule has 0 bridgehead atoms. The molecule has 0 spiro atoms. The van der Waals surface area contributed by atoms with Gasteiger partial charge in [-0.25, -0.2) is 13.4 Å². The minimum atomic E-state index is -3.25. The molecule has 0 unspecified atom stereocenters. The Morgan fingerprint density at radius 1 is 1.00 bits per heavy atom. The van der Waals surface area contributed by atoms with Gasteiger partial charge in [-0.2, -0.15) is 0 Å². The van der Waals surface area contributed by atoms with E-state index in [0.717, 1.165) is 39.7 Å². The molecule has 0 radical (unpaired) electrons. The van der Waals surface area contributed by atoms with Crippen LogP contribution in [0.4, 0.5) is 11.5 Å². The molecule has 6 nitrogen and oxygen atoms in total. The molecule has 2 aromatic heterocycles. The van der Waals surface area contributed by atoms with Crippen molar-refractivity contribution in [2.45, 2.75) is 11.8 Å². The van der Waals surface area contributed by atoms with Crippen molar-refractivity contribution in [3.05, 3.63) is 72.4 Å². The molecule has 4 aromatic rings. The number of anilines is 2. The molecule has 2 aromatic carbocycles. The molecule has 0 fully saturated rings. The Morgan fingerprint density at radius 2 is 1.69 bits per heavy atom. The van der Waals surface area contributed by atoms with E-state index in [1.165, 1.54) is 6.26 Å². The van der Waals surface area contributed by atoms with Crippen molar-refractivity contribution in [1.82, 2.24) is 9.38 Å². The minimum absolute atomic E-state index is 0.283. The number of pyridine rings is 1. The fourth-order valence-electron chi connectivity index (χ4n) is 3.20. The number of methoxy groups -OCH3 is 1. The SMILES string of the molecule is COc1ccc(Nc2c(-c3ccc(S(C)(=O)=O)cc3)nc3c(C)cccn23)cc1. The molecule has 1 N–H and O–H groups in total. The predicted molar refractivity (Wildman–Crippen MR) is 115 cm³/mol. The van der Waals surface area contributed by atoms with Gasteiger partial charge < -0.3 is 10.1 Å². The maximum absolute atomic E-state index is 11.8. The van der Waals surface area contributed by atoms with E-state index in [0.29, 0.717) is 0 Å². The summed E-state index contributed by atoms with van der Waals surface area (Å²) in [5.41, 5.74) is 4.35. The number of imidazole rings is 1. The second-order valence-corrected chi connectivity index (χ2v) is 8.86. The van der Waals surface area contributed by atoms with Crippen LogP contribution < -0.4 is 10.1 Å². The first-order valence-electron chi connectivity index (χ1n) is 9.06. The monoisotopic (exact) mass is 407 g/mol. The molecule has 0 aliphatic rings. The highest BCUT2D eigenvalue weighted by molar-refractivity contribution is 7.90. The number of rotatable bonds is 5. The number of nitrogens with one attached hydrogen (secondary N) is 1. The van der Waals surface area contributed by atoms with E-state index < -0.39 is 9.84 Å². The highest BCUT2D eigenvalue weighted by Crippen LogP contribution is 2.33. The zero-order chi connectivity index (χ0) is 20.6. The van der Waals surface area contributed by atoms with Crippen LogP contribution in [0.15, 0.2) is 71.8 Å². The van der Waals surface area contributed by atoms with Crippen LogP contribution in [0.1, 0.15) is 5.56 Å². The van der Waals surface area contributed by atoms with Crippen molar-refractivity contribution in [3.63, 3.8) is 0 Å². The molecule has 0 amide bonds. The highest BCUT2D eigenvalue weighted by atomic mass is 32.2. The average Bonchev–Trinajstić information content (AvgIpc) is 3.08. The van der Waals surface area contributed by atoms with Gasteiger partial charge in [0.05, 0.1) is 12.0 Å². The molecule has 0 aliphatic carbocycles. The van der Waals surface area contributed by atoms with Gasteiger partial charge in [-0.3, -0.25) is 4.40 Å². The van der Waals surface area contributed by atoms with Gasteiger partial charge in [-0.15, -0.1) is 0 Å². The van der Waals surface area contributed by atoms with E-state index in [4.69, 9.17) is 9.72 Å². The topological polar surface area (TPSA) is 72.7 Å². The smallest absolute Gasteiger partial charge is 0.175 e. The van der Waals surface area contributed by atoms with Crippen LogP contribution in [0.2, 0.25) is 0 Å². The molecule has 0 aliphatic heterocycles. The Labute approximate surface area is 169 Å². The lowest BCUT2D eigenvalue weighted by Gasteiger charge is -2.10. The van der Waals surface area contributed by atoms with Crippen LogP contribution in [0.5, 0.6) is 5.75 Å². The number of aromatic nitrogens is 2. The van der Waals surface area contributed by atoms with Crippen LogP contribution in [0.3, 0.4) is 0 Å². The summed E-state index contributed by atoms with van der Waals surface area (Å²) in [5, 5.41) is 3.44. The van der Waals surface area contributed by atoms with Crippen LogP contribution in [-0.4, -0.2) is 31.2 Å². The maximum atomic E-state index is 11.8. The first kappa shape index (κ1) is 19.0. The molecule has 7 heteroatoms. The van der Waals surface area contributed by atoms with Crippen LogP contribution >= 0.6 is 0 Å². The summed E-state index contributed by atoms with van der Waals surface area (Å²) in [6.07, 6.45) is 3.16. The van der Waals surface area contributed by atoms with Crippen molar-refractivity contribution in [1.29, 1.82) is 0 Å². The summed E-state index contributed by atoms with van der Waals surface area (Å²) in [7, 11) is -1.62. The zero-order valence-electron chi connectivity index (χ0n) is 16.4. The summed E-state index contributed by atoms with van der Waals surface area (Å²) in [6.45, 7) is 2.01. The van der Waals surface area contributed by atoms with Gasteiger partial charge in [0.1, 0.15) is 22.9 Å². The number of sulfone groups is 1. The lowest BCUT2D eigenvalue weighted by Crippen LogP contribution is -1.98. The number of benzene rings is 2. The van der Waals surface area contributed by atoms with E-state index in [2.05, 4.69) is 5.32 Å². The molecule has 2 heterocycles. The molecular weight excluding hydrogens is 386 g/mol. The van der Waals surface area contributed by atoms with Crippen molar-refractivity contribution in [2.75, 3.05) is 18.7 Å². The van der Waals surface area contributed by atoms with Crippen LogP contribution in [0, 0.1) is 6.92 Å². The Balaban J connectivity index is 1.84. The number of hydrogen-bond donors (Lipinski definition) is 1. The lowest BCUT2D eigenvalue weighted by molar-refractivity contribution is 0.415. The van der Waals surface area contributed by atoms with Crippen LogP contribution in [0.25, 0.3) is 16.9 Å². The predicted octanol–water partition coefficient (Wildman–Crippen LogP) is 4.47. The molecule has 4 rings (SSSR count). The number of hydrogen-bond acceptors (Lipinski definition) is 5. The number of ether oxygens (including phenoxy) is 1. The first-order chi connectivity index (χ1) is 13.9. The molecule has 29 heavy (non-hydrogen) atoms. The highest BCUT2D eigenvalue weighted by Gasteiger charge is 2.16. The van der Waals surface area contributed by atoms with Gasteiger partial charge in [0.25, 0.3) is 0 Å². The van der Waals surface area contributed by atoms with Gasteiger partial charge in [-0.1, -0.05) is 18.2 Å². The third-order valence-corrected chi connectivity index (χ3v) is 5.88. The molecule has 148 valence electrons. The Hall–Kier alpha value is -3.32. The summed E-state index contributed by atoms with van der Waals surface area (Å²) >= 11 is 0. The molecule has 0 atom stereocenters. The van der Waals surface area contributed by atoms with E-state index >= 15 is 0 Å². The number of nitrogens with zero attached hydrogens (tertiary/aromatic N) is 2. The minimum Gasteiger partial charge on any atom is -0.497 e. The van der Waals surface area contributed by atoms with Gasteiger partial charge in [0.15, 0.2) is 9.84 Å². The number of aryl methyl sites for hydroxylation is 1. The Kier molecular flexibility index (Phi) is 4.76. The van der Waals surface area contributed by atoms with Gasteiger partial charge in [0, 0.05) is 23.7 Å². The Bertz CT molecular complexity index is 1280. The van der Waals surface area contributed by atoms with Crippen LogP contribution in [-0.2, 0) is 9.84 Å². The third kappa shape index (κ3) is 3.69. The quantitative estimate of drug-likeness (QED) is 0.529. The second kappa shape index (κ2) is 7.25. The van der Waals surface area contributed by atoms with Crippen molar-refractivity contribution >= 4 is 27.0 Å². The normalized spacial score (nSPS) is 11.6. The van der Waals surface area contributed by atoms with E-state index in [9.17, 15) is 8.42 Å². The third-order valence-electron chi connectivity index (χ3n) is 4.75. The molecule has 0 saturated heterocycles. The van der Waals surface area contributed by atoms with E-state index in [-0.39, 0.29) is 4.90 Å².